The van der Waals surface area contributed by atoms with E-state index in [-0.39, 0.29) is 0 Å². The molecule has 0 fully saturated rings. The van der Waals surface area contributed by atoms with Gasteiger partial charge in [-0.1, -0.05) is 24.6 Å². The van der Waals surface area contributed by atoms with Crippen LogP contribution in [0.15, 0.2) is 30.5 Å². The Hall–Kier alpha value is -1.82. The van der Waals surface area contributed by atoms with E-state index in [9.17, 15) is 13.2 Å². The summed E-state index contributed by atoms with van der Waals surface area (Å²) < 4.78 is 39.1. The second-order valence-electron chi connectivity index (χ2n) is 4.56. The van der Waals surface area contributed by atoms with Gasteiger partial charge in [0.2, 0.25) is 0 Å². The van der Waals surface area contributed by atoms with Crippen molar-refractivity contribution in [2.24, 2.45) is 0 Å². The lowest BCUT2D eigenvalue weighted by atomic mass is 10.1. The predicted molar refractivity (Wildman–Crippen MR) is 70.7 cm³/mol. The Balaban J connectivity index is 2.39. The van der Waals surface area contributed by atoms with Crippen molar-refractivity contribution in [1.29, 1.82) is 0 Å². The van der Waals surface area contributed by atoms with Crippen molar-refractivity contribution in [1.82, 2.24) is 15.1 Å². The van der Waals surface area contributed by atoms with Crippen LogP contribution >= 0.6 is 0 Å². The summed E-state index contributed by atoms with van der Waals surface area (Å²) in [5.41, 5.74) is 1.76. The number of aryl methyl sites for hydroxylation is 1. The first-order valence-electron chi connectivity index (χ1n) is 6.35. The van der Waals surface area contributed by atoms with Gasteiger partial charge in [0.05, 0.1) is 5.69 Å². The number of benzene rings is 1. The van der Waals surface area contributed by atoms with Crippen molar-refractivity contribution >= 4 is 0 Å². The maximum Gasteiger partial charge on any atom is 0.435 e. The van der Waals surface area contributed by atoms with Crippen LogP contribution in [0.4, 0.5) is 13.2 Å². The van der Waals surface area contributed by atoms with E-state index in [1.54, 1.807) is 6.07 Å². The molecular formula is C14H16F3N3. The zero-order chi connectivity index (χ0) is 14.8. The number of hydrogen-bond donors (Lipinski definition) is 1. The van der Waals surface area contributed by atoms with Crippen LogP contribution < -0.4 is 5.32 Å². The summed E-state index contributed by atoms with van der Waals surface area (Å²) >= 11 is 0. The van der Waals surface area contributed by atoms with Crippen molar-refractivity contribution in [3.63, 3.8) is 0 Å². The van der Waals surface area contributed by atoms with Crippen LogP contribution in [0.1, 0.15) is 23.7 Å². The number of halogens is 3. The predicted octanol–water partition coefficient (Wildman–Crippen LogP) is 3.31. The summed E-state index contributed by atoms with van der Waals surface area (Å²) in [6, 6.07) is 6.58. The molecule has 2 aromatic rings. The zero-order valence-electron chi connectivity index (χ0n) is 11.3. The molecular weight excluding hydrogens is 267 g/mol. The fourth-order valence-corrected chi connectivity index (χ4v) is 1.95. The van der Waals surface area contributed by atoms with Crippen LogP contribution in [0.3, 0.4) is 0 Å². The van der Waals surface area contributed by atoms with E-state index < -0.39 is 11.9 Å². The summed E-state index contributed by atoms with van der Waals surface area (Å²) in [4.78, 5) is 0. The first-order valence-corrected chi connectivity index (χ1v) is 6.35. The van der Waals surface area contributed by atoms with Gasteiger partial charge in [-0.25, -0.2) is 4.68 Å². The minimum Gasteiger partial charge on any atom is -0.313 e. The molecule has 1 aromatic carbocycles. The van der Waals surface area contributed by atoms with Crippen molar-refractivity contribution < 1.29 is 13.2 Å². The summed E-state index contributed by atoms with van der Waals surface area (Å²) in [6.07, 6.45) is -3.08. The highest BCUT2D eigenvalue weighted by Crippen LogP contribution is 2.28. The molecule has 1 heterocycles. The number of nitrogens with zero attached hydrogens (tertiary/aromatic N) is 2. The van der Waals surface area contributed by atoms with Crippen molar-refractivity contribution in [2.75, 3.05) is 6.54 Å². The smallest absolute Gasteiger partial charge is 0.313 e. The number of aromatic nitrogens is 2. The molecule has 3 nitrogen and oxygen atoms in total. The van der Waals surface area contributed by atoms with Crippen LogP contribution in [0.2, 0.25) is 0 Å². The Kier molecular flexibility index (Phi) is 4.13. The number of nitrogens with one attached hydrogen (secondary N) is 1. The molecule has 6 heteroatoms. The quantitative estimate of drug-likeness (QED) is 0.933. The van der Waals surface area contributed by atoms with E-state index in [0.29, 0.717) is 12.2 Å². The van der Waals surface area contributed by atoms with Gasteiger partial charge in [0.1, 0.15) is 0 Å². The Bertz CT molecular complexity index is 588. The van der Waals surface area contributed by atoms with E-state index in [1.807, 2.05) is 26.0 Å². The van der Waals surface area contributed by atoms with Gasteiger partial charge >= 0.3 is 6.18 Å². The third kappa shape index (κ3) is 3.19. The molecule has 1 N–H and O–H groups in total. The van der Waals surface area contributed by atoms with E-state index in [1.165, 1.54) is 10.9 Å². The van der Waals surface area contributed by atoms with Crippen molar-refractivity contribution in [3.8, 4) is 5.69 Å². The van der Waals surface area contributed by atoms with Gasteiger partial charge in [0, 0.05) is 12.7 Å². The second-order valence-corrected chi connectivity index (χ2v) is 4.56. The lowest BCUT2D eigenvalue weighted by Gasteiger charge is -2.11. The number of alkyl halides is 3. The van der Waals surface area contributed by atoms with Crippen LogP contribution in [-0.4, -0.2) is 16.3 Å². The molecule has 0 aliphatic rings. The minimum atomic E-state index is -4.42. The van der Waals surface area contributed by atoms with Gasteiger partial charge in [0.25, 0.3) is 0 Å². The highest BCUT2D eigenvalue weighted by Gasteiger charge is 2.33. The van der Waals surface area contributed by atoms with Crippen LogP contribution in [0, 0.1) is 6.92 Å². The molecule has 1 aromatic heterocycles. The average molecular weight is 283 g/mol. The topological polar surface area (TPSA) is 29.9 Å². The lowest BCUT2D eigenvalue weighted by Crippen LogP contribution is -2.14. The van der Waals surface area contributed by atoms with Crippen LogP contribution in [-0.2, 0) is 12.7 Å². The molecule has 0 atom stereocenters. The van der Waals surface area contributed by atoms with Crippen molar-refractivity contribution in [3.05, 3.63) is 47.3 Å². The zero-order valence-corrected chi connectivity index (χ0v) is 11.3. The number of rotatable bonds is 4. The molecule has 0 saturated carbocycles. The van der Waals surface area contributed by atoms with E-state index >= 15 is 0 Å². The second kappa shape index (κ2) is 5.66. The van der Waals surface area contributed by atoms with Gasteiger partial charge in [-0.15, -0.1) is 0 Å². The first kappa shape index (κ1) is 14.6. The van der Waals surface area contributed by atoms with Gasteiger partial charge in [-0.3, -0.25) is 0 Å². The molecule has 108 valence electrons. The third-order valence-corrected chi connectivity index (χ3v) is 2.93. The SMILES string of the molecule is CCNCc1cc(C)ccc1-n1ccc(C(F)(F)F)n1. The molecule has 0 bridgehead atoms. The van der Waals surface area contributed by atoms with Gasteiger partial charge in [-0.2, -0.15) is 18.3 Å². The highest BCUT2D eigenvalue weighted by atomic mass is 19.4. The summed E-state index contributed by atoms with van der Waals surface area (Å²) in [7, 11) is 0. The van der Waals surface area contributed by atoms with Gasteiger partial charge in [-0.05, 0) is 31.2 Å². The highest BCUT2D eigenvalue weighted by molar-refractivity contribution is 5.43. The maximum absolute atomic E-state index is 12.6. The minimum absolute atomic E-state index is 0.592. The summed E-state index contributed by atoms with van der Waals surface area (Å²) in [6.45, 7) is 5.31. The van der Waals surface area contributed by atoms with Crippen molar-refractivity contribution in [2.45, 2.75) is 26.6 Å². The molecule has 0 spiro atoms. The Morgan fingerprint density at radius 2 is 2.00 bits per heavy atom. The molecule has 0 radical (unpaired) electrons. The Labute approximate surface area is 115 Å². The first-order chi connectivity index (χ1) is 9.41. The van der Waals surface area contributed by atoms with Crippen LogP contribution in [0.5, 0.6) is 0 Å². The van der Waals surface area contributed by atoms with E-state index in [4.69, 9.17) is 0 Å². The van der Waals surface area contributed by atoms with E-state index in [2.05, 4.69) is 10.4 Å². The average Bonchev–Trinajstić information content (AvgIpc) is 2.85. The molecule has 2 rings (SSSR count). The van der Waals surface area contributed by atoms with E-state index in [0.717, 1.165) is 23.7 Å². The molecule has 0 aliphatic carbocycles. The molecule has 20 heavy (non-hydrogen) atoms. The fourth-order valence-electron chi connectivity index (χ4n) is 1.95. The van der Waals surface area contributed by atoms with Gasteiger partial charge < -0.3 is 5.32 Å². The fraction of sp³-hybridized carbons (Fsp3) is 0.357. The van der Waals surface area contributed by atoms with Crippen LogP contribution in [0.25, 0.3) is 5.69 Å². The largest absolute Gasteiger partial charge is 0.435 e. The number of hydrogen-bond acceptors (Lipinski definition) is 2. The normalized spacial score (nSPS) is 11.8. The molecule has 0 amide bonds. The van der Waals surface area contributed by atoms with Gasteiger partial charge in [0.15, 0.2) is 5.69 Å². The Morgan fingerprint density at radius 3 is 2.60 bits per heavy atom. The molecule has 0 unspecified atom stereocenters. The maximum atomic E-state index is 12.6. The molecule has 0 aliphatic heterocycles. The lowest BCUT2D eigenvalue weighted by molar-refractivity contribution is -0.141. The Morgan fingerprint density at radius 1 is 1.25 bits per heavy atom. The molecule has 0 saturated heterocycles. The standard InChI is InChI=1S/C14H16F3N3/c1-3-18-9-11-8-10(2)4-5-12(11)20-7-6-13(19-20)14(15,16)17/h4-8,18H,3,9H2,1-2H3. The summed E-state index contributed by atoms with van der Waals surface area (Å²) in [5, 5.41) is 6.79. The summed E-state index contributed by atoms with van der Waals surface area (Å²) in [5.74, 6) is 0. The monoisotopic (exact) mass is 283 g/mol. The third-order valence-electron chi connectivity index (χ3n) is 2.93.